The number of carbonyl (C=O) groups excluding carboxylic acids is 1. The molecule has 1 saturated heterocycles. The Balaban J connectivity index is 2.42. The van der Waals surface area contributed by atoms with Crippen molar-refractivity contribution in [2.24, 2.45) is 5.14 Å². The van der Waals surface area contributed by atoms with Crippen LogP contribution in [0.1, 0.15) is 33.6 Å². The second-order valence-electron chi connectivity index (χ2n) is 5.40. The molecule has 1 aliphatic rings. The topological polar surface area (TPSA) is 102 Å². The van der Waals surface area contributed by atoms with Crippen molar-refractivity contribution in [3.05, 3.63) is 0 Å². The highest BCUT2D eigenvalue weighted by atomic mass is 32.2. The van der Waals surface area contributed by atoms with E-state index in [0.29, 0.717) is 25.9 Å². The van der Waals surface area contributed by atoms with Gasteiger partial charge in [-0.05, 0) is 33.6 Å². The van der Waals surface area contributed by atoms with Gasteiger partial charge in [-0.15, -0.1) is 0 Å². The van der Waals surface area contributed by atoms with Crippen LogP contribution in [0.3, 0.4) is 0 Å². The Morgan fingerprint density at radius 1 is 1.33 bits per heavy atom. The lowest BCUT2D eigenvalue weighted by molar-refractivity contribution is 0.0204. The SMILES string of the molecule is CC(C)(C)OC(=O)N1CCC(NS(N)(=O)=O)CC1. The van der Waals surface area contributed by atoms with Crippen LogP contribution in [-0.2, 0) is 14.9 Å². The molecule has 0 spiro atoms. The van der Waals surface area contributed by atoms with Crippen LogP contribution in [-0.4, -0.2) is 44.1 Å². The maximum Gasteiger partial charge on any atom is 0.410 e. The van der Waals surface area contributed by atoms with Gasteiger partial charge in [-0.25, -0.2) is 9.93 Å². The Hall–Kier alpha value is -0.860. The van der Waals surface area contributed by atoms with Crippen LogP contribution in [0.2, 0.25) is 0 Å². The smallest absolute Gasteiger partial charge is 0.410 e. The normalized spacial score (nSPS) is 18.8. The fraction of sp³-hybridized carbons (Fsp3) is 0.900. The van der Waals surface area contributed by atoms with Gasteiger partial charge < -0.3 is 9.64 Å². The van der Waals surface area contributed by atoms with Gasteiger partial charge in [0.05, 0.1) is 0 Å². The van der Waals surface area contributed by atoms with Gasteiger partial charge in [0.15, 0.2) is 0 Å². The Kier molecular flexibility index (Phi) is 4.57. The summed E-state index contributed by atoms with van der Waals surface area (Å²) in [5.41, 5.74) is -0.521. The average molecular weight is 279 g/mol. The minimum Gasteiger partial charge on any atom is -0.444 e. The summed E-state index contributed by atoms with van der Waals surface area (Å²) < 4.78 is 29.3. The zero-order chi connectivity index (χ0) is 14.0. The van der Waals surface area contributed by atoms with Crippen molar-refractivity contribution in [2.75, 3.05) is 13.1 Å². The van der Waals surface area contributed by atoms with Gasteiger partial charge in [-0.1, -0.05) is 0 Å². The summed E-state index contributed by atoms with van der Waals surface area (Å²) in [5, 5.41) is 4.90. The summed E-state index contributed by atoms with van der Waals surface area (Å²) in [5.74, 6) is 0. The van der Waals surface area contributed by atoms with E-state index in [0.717, 1.165) is 0 Å². The molecule has 1 amide bonds. The molecule has 1 rings (SSSR count). The van der Waals surface area contributed by atoms with E-state index in [1.807, 2.05) is 0 Å². The van der Waals surface area contributed by atoms with Crippen molar-refractivity contribution in [1.82, 2.24) is 9.62 Å². The molecular weight excluding hydrogens is 258 g/mol. The number of rotatable bonds is 2. The van der Waals surface area contributed by atoms with Crippen LogP contribution in [0.4, 0.5) is 4.79 Å². The third-order valence-electron chi connectivity index (χ3n) is 2.48. The number of amides is 1. The van der Waals surface area contributed by atoms with Gasteiger partial charge in [0, 0.05) is 19.1 Å². The fourth-order valence-corrected chi connectivity index (χ4v) is 2.44. The molecule has 0 aliphatic carbocycles. The predicted molar refractivity (Wildman–Crippen MR) is 67.1 cm³/mol. The van der Waals surface area contributed by atoms with Crippen molar-refractivity contribution in [2.45, 2.75) is 45.3 Å². The molecule has 106 valence electrons. The summed E-state index contributed by atoms with van der Waals surface area (Å²) in [4.78, 5) is 13.3. The number of carbonyl (C=O) groups is 1. The molecule has 0 aromatic rings. The van der Waals surface area contributed by atoms with Crippen molar-refractivity contribution in [1.29, 1.82) is 0 Å². The number of nitrogens with zero attached hydrogens (tertiary/aromatic N) is 1. The molecule has 0 saturated carbocycles. The number of likely N-dealkylation sites (tertiary alicyclic amines) is 1. The Morgan fingerprint density at radius 2 is 1.83 bits per heavy atom. The Morgan fingerprint density at radius 3 is 2.22 bits per heavy atom. The molecule has 0 radical (unpaired) electrons. The molecule has 7 nitrogen and oxygen atoms in total. The first-order valence-electron chi connectivity index (χ1n) is 5.85. The van der Waals surface area contributed by atoms with Gasteiger partial charge in [-0.2, -0.15) is 13.1 Å². The van der Waals surface area contributed by atoms with Crippen molar-refractivity contribution in [3.63, 3.8) is 0 Å². The highest BCUT2D eigenvalue weighted by molar-refractivity contribution is 7.87. The van der Waals surface area contributed by atoms with E-state index < -0.39 is 15.8 Å². The molecular formula is C10H21N3O4S. The molecule has 1 heterocycles. The molecule has 0 aromatic carbocycles. The van der Waals surface area contributed by atoms with Gasteiger partial charge in [-0.3, -0.25) is 0 Å². The maximum absolute atomic E-state index is 11.7. The molecule has 0 atom stereocenters. The molecule has 18 heavy (non-hydrogen) atoms. The van der Waals surface area contributed by atoms with Crippen LogP contribution in [0.5, 0.6) is 0 Å². The first-order valence-corrected chi connectivity index (χ1v) is 7.39. The van der Waals surface area contributed by atoms with E-state index in [1.54, 1.807) is 25.7 Å². The summed E-state index contributed by atoms with van der Waals surface area (Å²) in [6.07, 6.45) is 0.710. The number of piperidine rings is 1. The lowest BCUT2D eigenvalue weighted by atomic mass is 10.1. The van der Waals surface area contributed by atoms with Gasteiger partial charge in [0.1, 0.15) is 5.60 Å². The molecule has 0 unspecified atom stereocenters. The quantitative estimate of drug-likeness (QED) is 0.752. The Bertz CT molecular complexity index is 394. The van der Waals surface area contributed by atoms with Gasteiger partial charge >= 0.3 is 6.09 Å². The van der Waals surface area contributed by atoms with Crippen LogP contribution in [0.25, 0.3) is 0 Å². The van der Waals surface area contributed by atoms with E-state index in [2.05, 4.69) is 4.72 Å². The van der Waals surface area contributed by atoms with E-state index in [9.17, 15) is 13.2 Å². The lowest BCUT2D eigenvalue weighted by Crippen LogP contribution is -2.49. The van der Waals surface area contributed by atoms with Crippen LogP contribution < -0.4 is 9.86 Å². The molecule has 1 aliphatic heterocycles. The Labute approximate surface area is 108 Å². The number of nitrogens with two attached hydrogens (primary N) is 1. The largest absolute Gasteiger partial charge is 0.444 e. The first kappa shape index (κ1) is 15.2. The van der Waals surface area contributed by atoms with Crippen LogP contribution in [0.15, 0.2) is 0 Å². The summed E-state index contributed by atoms with van der Waals surface area (Å²) in [7, 11) is -3.67. The highest BCUT2D eigenvalue weighted by Crippen LogP contribution is 2.15. The second kappa shape index (κ2) is 5.41. The molecule has 1 fully saturated rings. The van der Waals surface area contributed by atoms with E-state index >= 15 is 0 Å². The maximum atomic E-state index is 11.7. The summed E-state index contributed by atoms with van der Waals surface area (Å²) in [6.45, 7) is 6.34. The standard InChI is InChI=1S/C10H21N3O4S/c1-10(2,3)17-9(14)13-6-4-8(5-7-13)12-18(11,15)16/h8,12H,4-7H2,1-3H3,(H2,11,15,16). The minimum absolute atomic E-state index is 0.210. The highest BCUT2D eigenvalue weighted by Gasteiger charge is 2.27. The summed E-state index contributed by atoms with van der Waals surface area (Å²) in [6, 6.07) is -0.210. The van der Waals surface area contributed by atoms with E-state index in [1.165, 1.54) is 0 Å². The number of hydrogen-bond acceptors (Lipinski definition) is 4. The molecule has 0 aromatic heterocycles. The number of nitrogens with one attached hydrogen (secondary N) is 1. The third kappa shape index (κ3) is 5.65. The number of hydrogen-bond donors (Lipinski definition) is 2. The van der Waals surface area contributed by atoms with Crippen molar-refractivity contribution < 1.29 is 17.9 Å². The first-order chi connectivity index (χ1) is 8.07. The van der Waals surface area contributed by atoms with E-state index in [-0.39, 0.29) is 12.1 Å². The van der Waals surface area contributed by atoms with Gasteiger partial charge in [0.2, 0.25) is 0 Å². The van der Waals surface area contributed by atoms with Crippen molar-refractivity contribution >= 4 is 16.3 Å². The zero-order valence-electron chi connectivity index (χ0n) is 11.0. The zero-order valence-corrected chi connectivity index (χ0v) is 11.8. The van der Waals surface area contributed by atoms with Gasteiger partial charge in [0.25, 0.3) is 10.2 Å². The third-order valence-corrected chi connectivity index (χ3v) is 3.14. The molecule has 3 N–H and O–H groups in total. The van der Waals surface area contributed by atoms with E-state index in [4.69, 9.17) is 9.88 Å². The van der Waals surface area contributed by atoms with Crippen LogP contribution >= 0.6 is 0 Å². The fourth-order valence-electron chi connectivity index (χ4n) is 1.74. The molecule has 8 heteroatoms. The lowest BCUT2D eigenvalue weighted by Gasteiger charge is -2.33. The number of ether oxygens (including phenoxy) is 1. The van der Waals surface area contributed by atoms with Crippen LogP contribution in [0, 0.1) is 0 Å². The second-order valence-corrected chi connectivity index (χ2v) is 6.73. The molecule has 0 bridgehead atoms. The minimum atomic E-state index is -3.67. The average Bonchev–Trinajstić information content (AvgIpc) is 2.13. The van der Waals surface area contributed by atoms with Crippen molar-refractivity contribution in [3.8, 4) is 0 Å². The predicted octanol–water partition coefficient (Wildman–Crippen LogP) is 0.179. The summed E-state index contributed by atoms with van der Waals surface area (Å²) >= 11 is 0. The monoisotopic (exact) mass is 279 g/mol.